The molecule has 0 aromatic carbocycles. The first kappa shape index (κ1) is 11.3. The van der Waals surface area contributed by atoms with Crippen molar-refractivity contribution in [1.82, 2.24) is 14.5 Å². The highest BCUT2D eigenvalue weighted by atomic mass is 15.1. The lowest BCUT2D eigenvalue weighted by Gasteiger charge is -2.14. The number of aryl methyl sites for hydroxylation is 1. The molecule has 2 aromatic heterocycles. The number of hydrogen-bond donors (Lipinski definition) is 1. The topological polar surface area (TPSA) is 42.7 Å². The highest BCUT2D eigenvalue weighted by molar-refractivity contribution is 5.42. The zero-order valence-corrected chi connectivity index (χ0v) is 10.7. The Kier molecular flexibility index (Phi) is 3.00. The number of anilines is 1. The molecule has 0 saturated heterocycles. The summed E-state index contributed by atoms with van der Waals surface area (Å²) in [7, 11) is 1.93. The van der Waals surface area contributed by atoms with E-state index in [1.54, 1.807) is 0 Å². The molecule has 2 heterocycles. The minimum absolute atomic E-state index is 0.817. The molecule has 0 spiro atoms. The molecule has 0 fully saturated rings. The summed E-state index contributed by atoms with van der Waals surface area (Å²) >= 11 is 0. The van der Waals surface area contributed by atoms with Crippen LogP contribution in [0.5, 0.6) is 0 Å². The number of fused-ring (bicyclic) bond motifs is 1. The van der Waals surface area contributed by atoms with Crippen molar-refractivity contribution in [1.29, 1.82) is 0 Å². The van der Waals surface area contributed by atoms with E-state index in [0.29, 0.717) is 0 Å². The van der Waals surface area contributed by atoms with E-state index in [1.165, 1.54) is 24.2 Å². The summed E-state index contributed by atoms with van der Waals surface area (Å²) in [5, 5.41) is 3.14. The van der Waals surface area contributed by atoms with Gasteiger partial charge in [-0.15, -0.1) is 0 Å². The van der Waals surface area contributed by atoms with Crippen molar-refractivity contribution in [2.75, 3.05) is 12.4 Å². The van der Waals surface area contributed by atoms with Crippen molar-refractivity contribution < 1.29 is 0 Å². The van der Waals surface area contributed by atoms with Gasteiger partial charge in [0.2, 0.25) is 0 Å². The third-order valence-electron chi connectivity index (χ3n) is 3.55. The standard InChI is InChI=1S/C14H18N4/c1-15-11-6-7-16-12(8-11)9-18-10-17-13-4-2-3-5-14(13)18/h6-8,10H,2-5,9H2,1H3,(H,15,16). The fourth-order valence-electron chi connectivity index (χ4n) is 2.56. The summed E-state index contributed by atoms with van der Waals surface area (Å²) in [6, 6.07) is 4.07. The van der Waals surface area contributed by atoms with Gasteiger partial charge < -0.3 is 9.88 Å². The normalized spacial score (nSPS) is 14.3. The van der Waals surface area contributed by atoms with Gasteiger partial charge >= 0.3 is 0 Å². The molecule has 18 heavy (non-hydrogen) atoms. The van der Waals surface area contributed by atoms with Crippen molar-refractivity contribution in [3.63, 3.8) is 0 Å². The van der Waals surface area contributed by atoms with E-state index in [0.717, 1.165) is 30.8 Å². The second kappa shape index (κ2) is 4.80. The number of nitrogens with zero attached hydrogens (tertiary/aromatic N) is 3. The summed E-state index contributed by atoms with van der Waals surface area (Å²) in [4.78, 5) is 8.94. The highest BCUT2D eigenvalue weighted by Crippen LogP contribution is 2.20. The van der Waals surface area contributed by atoms with Gasteiger partial charge in [-0.1, -0.05) is 0 Å². The summed E-state index contributed by atoms with van der Waals surface area (Å²) in [6.45, 7) is 0.817. The lowest BCUT2D eigenvalue weighted by molar-refractivity contribution is 0.625. The minimum Gasteiger partial charge on any atom is -0.388 e. The first-order chi connectivity index (χ1) is 8.86. The van der Waals surface area contributed by atoms with E-state index in [9.17, 15) is 0 Å². The van der Waals surface area contributed by atoms with Crippen molar-refractivity contribution in [2.45, 2.75) is 32.2 Å². The second-order valence-corrected chi connectivity index (χ2v) is 4.76. The number of rotatable bonds is 3. The second-order valence-electron chi connectivity index (χ2n) is 4.76. The lowest BCUT2D eigenvalue weighted by Crippen LogP contribution is -2.09. The van der Waals surface area contributed by atoms with Gasteiger partial charge in [0, 0.05) is 24.6 Å². The largest absolute Gasteiger partial charge is 0.388 e. The molecule has 1 aliphatic carbocycles. The van der Waals surface area contributed by atoms with Gasteiger partial charge in [0.1, 0.15) is 0 Å². The van der Waals surface area contributed by atoms with Crippen LogP contribution in [-0.4, -0.2) is 21.6 Å². The maximum atomic E-state index is 4.52. The zero-order chi connectivity index (χ0) is 12.4. The van der Waals surface area contributed by atoms with Gasteiger partial charge in [0.25, 0.3) is 0 Å². The van der Waals surface area contributed by atoms with Crippen molar-refractivity contribution in [2.24, 2.45) is 0 Å². The molecule has 0 bridgehead atoms. The zero-order valence-electron chi connectivity index (χ0n) is 10.7. The van der Waals surface area contributed by atoms with Crippen LogP contribution in [0.1, 0.15) is 29.9 Å². The Bertz CT molecular complexity index is 544. The van der Waals surface area contributed by atoms with Gasteiger partial charge in [-0.25, -0.2) is 4.98 Å². The van der Waals surface area contributed by atoms with Gasteiger partial charge in [0.15, 0.2) is 0 Å². The number of pyridine rings is 1. The molecule has 4 nitrogen and oxygen atoms in total. The molecule has 0 aliphatic heterocycles. The molecule has 1 N–H and O–H groups in total. The molecule has 94 valence electrons. The summed E-state index contributed by atoms with van der Waals surface area (Å²) in [5.74, 6) is 0. The Labute approximate surface area is 107 Å². The summed E-state index contributed by atoms with van der Waals surface area (Å²) < 4.78 is 2.25. The van der Waals surface area contributed by atoms with Crippen LogP contribution in [0.4, 0.5) is 5.69 Å². The van der Waals surface area contributed by atoms with E-state index in [-0.39, 0.29) is 0 Å². The Hall–Kier alpha value is -1.84. The smallest absolute Gasteiger partial charge is 0.0955 e. The van der Waals surface area contributed by atoms with E-state index < -0.39 is 0 Å². The van der Waals surface area contributed by atoms with Crippen LogP contribution < -0.4 is 5.32 Å². The first-order valence-corrected chi connectivity index (χ1v) is 6.52. The Morgan fingerprint density at radius 3 is 3.06 bits per heavy atom. The van der Waals surface area contributed by atoms with Crippen molar-refractivity contribution >= 4 is 5.69 Å². The SMILES string of the molecule is CNc1ccnc(Cn2cnc3c2CCCC3)c1. The predicted octanol–water partition coefficient (Wildman–Crippen LogP) is 2.25. The number of nitrogens with one attached hydrogen (secondary N) is 1. The predicted molar refractivity (Wildman–Crippen MR) is 71.8 cm³/mol. The molecule has 0 saturated carbocycles. The molecular weight excluding hydrogens is 224 g/mol. The molecule has 0 radical (unpaired) electrons. The van der Waals surface area contributed by atoms with Crippen LogP contribution in [0.3, 0.4) is 0 Å². The quantitative estimate of drug-likeness (QED) is 0.897. The molecule has 0 unspecified atom stereocenters. The maximum Gasteiger partial charge on any atom is 0.0955 e. The van der Waals surface area contributed by atoms with Gasteiger partial charge in [-0.2, -0.15) is 0 Å². The number of hydrogen-bond acceptors (Lipinski definition) is 3. The van der Waals surface area contributed by atoms with E-state index >= 15 is 0 Å². The van der Waals surface area contributed by atoms with Crippen molar-refractivity contribution in [3.8, 4) is 0 Å². The molecule has 1 aliphatic rings. The van der Waals surface area contributed by atoms with Gasteiger partial charge in [-0.3, -0.25) is 4.98 Å². The van der Waals surface area contributed by atoms with E-state index in [2.05, 4.69) is 25.9 Å². The van der Waals surface area contributed by atoms with Crippen LogP contribution in [-0.2, 0) is 19.4 Å². The van der Waals surface area contributed by atoms with Gasteiger partial charge in [-0.05, 0) is 37.8 Å². The average molecular weight is 242 g/mol. The molecule has 0 atom stereocenters. The Morgan fingerprint density at radius 2 is 2.17 bits per heavy atom. The number of aromatic nitrogens is 3. The maximum absolute atomic E-state index is 4.52. The van der Waals surface area contributed by atoms with Crippen LogP contribution in [0.25, 0.3) is 0 Å². The summed E-state index contributed by atoms with van der Waals surface area (Å²) in [6.07, 6.45) is 8.65. The van der Waals surface area contributed by atoms with Crippen LogP contribution >= 0.6 is 0 Å². The van der Waals surface area contributed by atoms with Gasteiger partial charge in [0.05, 0.1) is 24.3 Å². The fraction of sp³-hybridized carbons (Fsp3) is 0.429. The lowest BCUT2D eigenvalue weighted by atomic mass is 10.0. The first-order valence-electron chi connectivity index (χ1n) is 6.52. The molecular formula is C14H18N4. The summed E-state index contributed by atoms with van der Waals surface area (Å²) in [5.41, 5.74) is 4.87. The average Bonchev–Trinajstić information content (AvgIpc) is 2.83. The Morgan fingerprint density at radius 1 is 1.28 bits per heavy atom. The molecule has 4 heteroatoms. The van der Waals surface area contributed by atoms with Crippen LogP contribution in [0.2, 0.25) is 0 Å². The highest BCUT2D eigenvalue weighted by Gasteiger charge is 2.15. The van der Waals surface area contributed by atoms with E-state index in [4.69, 9.17) is 0 Å². The third kappa shape index (κ3) is 2.10. The molecule has 2 aromatic rings. The van der Waals surface area contributed by atoms with E-state index in [1.807, 2.05) is 25.6 Å². The van der Waals surface area contributed by atoms with Crippen molar-refractivity contribution in [3.05, 3.63) is 41.7 Å². The minimum atomic E-state index is 0.817. The Balaban J connectivity index is 1.85. The van der Waals surface area contributed by atoms with Crippen LogP contribution in [0, 0.1) is 0 Å². The number of imidazole rings is 1. The molecule has 0 amide bonds. The fourth-order valence-corrected chi connectivity index (χ4v) is 2.56. The third-order valence-corrected chi connectivity index (χ3v) is 3.55. The molecule has 3 rings (SSSR count). The monoisotopic (exact) mass is 242 g/mol. The van der Waals surface area contributed by atoms with Crippen LogP contribution in [0.15, 0.2) is 24.7 Å².